The van der Waals surface area contributed by atoms with E-state index in [0.29, 0.717) is 0 Å². The van der Waals surface area contributed by atoms with Gasteiger partial charge in [0.2, 0.25) is 0 Å². The minimum atomic E-state index is -0.658. The first kappa shape index (κ1) is 10.8. The third-order valence-corrected chi connectivity index (χ3v) is 1.94. The summed E-state index contributed by atoms with van der Waals surface area (Å²) in [6.07, 6.45) is 1.41. The van der Waals surface area contributed by atoms with Crippen LogP contribution in [0.5, 0.6) is 11.8 Å². The highest BCUT2D eigenvalue weighted by Gasteiger charge is 2.10. The van der Waals surface area contributed by atoms with E-state index >= 15 is 0 Å². The van der Waals surface area contributed by atoms with Crippen molar-refractivity contribution in [3.63, 3.8) is 0 Å². The summed E-state index contributed by atoms with van der Waals surface area (Å²) in [7, 11) is 0. The molecule has 84 valence electrons. The molecule has 2 rings (SSSR count). The molecule has 0 bridgehead atoms. The SMILES string of the molecule is N#Cc1c(F)cccc1Oc1nccc(N)n1. The molecule has 0 spiro atoms. The van der Waals surface area contributed by atoms with Gasteiger partial charge < -0.3 is 10.5 Å². The van der Waals surface area contributed by atoms with Gasteiger partial charge in [0, 0.05) is 6.20 Å². The first-order chi connectivity index (χ1) is 8.20. The van der Waals surface area contributed by atoms with E-state index in [1.807, 2.05) is 0 Å². The fraction of sp³-hybridized carbons (Fsp3) is 0. The smallest absolute Gasteiger partial charge is 0.323 e. The van der Waals surface area contributed by atoms with Crippen molar-refractivity contribution in [1.29, 1.82) is 5.26 Å². The molecular formula is C11H7FN4O. The molecule has 0 unspecified atom stereocenters. The summed E-state index contributed by atoms with van der Waals surface area (Å²) in [6, 6.07) is 7.22. The fourth-order valence-electron chi connectivity index (χ4n) is 1.20. The Morgan fingerprint density at radius 2 is 2.18 bits per heavy atom. The zero-order chi connectivity index (χ0) is 12.3. The average Bonchev–Trinajstić information content (AvgIpc) is 2.29. The van der Waals surface area contributed by atoms with E-state index in [2.05, 4.69) is 9.97 Å². The van der Waals surface area contributed by atoms with E-state index in [4.69, 9.17) is 15.7 Å². The van der Waals surface area contributed by atoms with Crippen molar-refractivity contribution in [2.75, 3.05) is 5.73 Å². The standard InChI is InChI=1S/C11H7FN4O/c12-8-2-1-3-9(7(8)6-13)17-11-15-5-4-10(14)16-11/h1-5H,(H2,14,15,16). The monoisotopic (exact) mass is 230 g/mol. The van der Waals surface area contributed by atoms with Crippen molar-refractivity contribution in [3.8, 4) is 17.8 Å². The molecule has 1 aromatic heterocycles. The number of rotatable bonds is 2. The summed E-state index contributed by atoms with van der Waals surface area (Å²) in [4.78, 5) is 7.58. The van der Waals surface area contributed by atoms with Crippen LogP contribution in [-0.4, -0.2) is 9.97 Å². The molecule has 5 nitrogen and oxygen atoms in total. The van der Waals surface area contributed by atoms with Crippen molar-refractivity contribution in [3.05, 3.63) is 41.8 Å². The summed E-state index contributed by atoms with van der Waals surface area (Å²) in [5.41, 5.74) is 5.25. The number of nitrogen functional groups attached to an aromatic ring is 1. The van der Waals surface area contributed by atoms with Crippen LogP contribution >= 0.6 is 0 Å². The molecule has 0 saturated heterocycles. The first-order valence-corrected chi connectivity index (χ1v) is 4.65. The van der Waals surface area contributed by atoms with Crippen molar-refractivity contribution in [2.24, 2.45) is 0 Å². The van der Waals surface area contributed by atoms with Gasteiger partial charge in [0.15, 0.2) is 5.75 Å². The van der Waals surface area contributed by atoms with Crippen molar-refractivity contribution >= 4 is 5.82 Å². The largest absolute Gasteiger partial charge is 0.423 e. The quantitative estimate of drug-likeness (QED) is 0.851. The highest BCUT2D eigenvalue weighted by Crippen LogP contribution is 2.24. The predicted molar refractivity (Wildman–Crippen MR) is 57.6 cm³/mol. The number of aromatic nitrogens is 2. The van der Waals surface area contributed by atoms with Crippen LogP contribution in [0.2, 0.25) is 0 Å². The average molecular weight is 230 g/mol. The number of hydrogen-bond donors (Lipinski definition) is 1. The van der Waals surface area contributed by atoms with Crippen molar-refractivity contribution in [1.82, 2.24) is 9.97 Å². The topological polar surface area (TPSA) is 84.8 Å². The Kier molecular flexibility index (Phi) is 2.83. The number of anilines is 1. The second-order valence-electron chi connectivity index (χ2n) is 3.09. The molecule has 6 heteroatoms. The zero-order valence-corrected chi connectivity index (χ0v) is 8.59. The van der Waals surface area contributed by atoms with Gasteiger partial charge in [-0.3, -0.25) is 0 Å². The minimum Gasteiger partial charge on any atom is -0.423 e. The lowest BCUT2D eigenvalue weighted by Gasteiger charge is -2.05. The Labute approximate surface area is 96.3 Å². The van der Waals surface area contributed by atoms with Gasteiger partial charge >= 0.3 is 6.01 Å². The number of nitrogens with zero attached hydrogens (tertiary/aromatic N) is 3. The van der Waals surface area contributed by atoms with Gasteiger partial charge in [-0.05, 0) is 18.2 Å². The van der Waals surface area contributed by atoms with Gasteiger partial charge in [-0.2, -0.15) is 10.2 Å². The van der Waals surface area contributed by atoms with E-state index in [9.17, 15) is 4.39 Å². The molecule has 0 aliphatic carbocycles. The van der Waals surface area contributed by atoms with Crippen LogP contribution in [0.1, 0.15) is 5.56 Å². The molecule has 0 aliphatic rings. The van der Waals surface area contributed by atoms with Gasteiger partial charge in [-0.15, -0.1) is 0 Å². The molecule has 0 fully saturated rings. The number of halogens is 1. The summed E-state index contributed by atoms with van der Waals surface area (Å²) in [5, 5.41) is 8.80. The molecule has 2 N–H and O–H groups in total. The van der Waals surface area contributed by atoms with Crippen LogP contribution in [0.3, 0.4) is 0 Å². The molecular weight excluding hydrogens is 223 g/mol. The first-order valence-electron chi connectivity index (χ1n) is 4.65. The third kappa shape index (κ3) is 2.29. The van der Waals surface area contributed by atoms with E-state index in [-0.39, 0.29) is 23.1 Å². The van der Waals surface area contributed by atoms with Crippen molar-refractivity contribution in [2.45, 2.75) is 0 Å². The second-order valence-corrected chi connectivity index (χ2v) is 3.09. The van der Waals surface area contributed by atoms with Gasteiger partial charge in [0.05, 0.1) is 0 Å². The molecule has 0 aliphatic heterocycles. The number of nitrogens with two attached hydrogens (primary N) is 1. The Balaban J connectivity index is 2.37. The zero-order valence-electron chi connectivity index (χ0n) is 8.59. The van der Waals surface area contributed by atoms with Crippen LogP contribution in [0.15, 0.2) is 30.5 Å². The van der Waals surface area contributed by atoms with Crippen LogP contribution in [0.25, 0.3) is 0 Å². The highest BCUT2D eigenvalue weighted by atomic mass is 19.1. The van der Waals surface area contributed by atoms with Gasteiger partial charge in [0.25, 0.3) is 0 Å². The van der Waals surface area contributed by atoms with E-state index in [1.165, 1.54) is 30.5 Å². The van der Waals surface area contributed by atoms with Gasteiger partial charge in [-0.25, -0.2) is 9.37 Å². The summed E-state index contributed by atoms with van der Waals surface area (Å²) < 4.78 is 18.5. The Hall–Kier alpha value is -2.68. The molecule has 0 atom stereocenters. The highest BCUT2D eigenvalue weighted by molar-refractivity contribution is 5.45. The maximum absolute atomic E-state index is 13.3. The second kappa shape index (κ2) is 4.45. The van der Waals surface area contributed by atoms with E-state index < -0.39 is 5.82 Å². The maximum atomic E-state index is 13.3. The Morgan fingerprint density at radius 1 is 1.35 bits per heavy atom. The number of ether oxygens (including phenoxy) is 1. The number of hydrogen-bond acceptors (Lipinski definition) is 5. The number of benzene rings is 1. The van der Waals surface area contributed by atoms with Crippen molar-refractivity contribution < 1.29 is 9.13 Å². The molecule has 17 heavy (non-hydrogen) atoms. The molecule has 0 saturated carbocycles. The number of nitriles is 1. The van der Waals surface area contributed by atoms with Crippen LogP contribution in [-0.2, 0) is 0 Å². The molecule has 2 aromatic rings. The van der Waals surface area contributed by atoms with Gasteiger partial charge in [-0.1, -0.05) is 6.07 Å². The Morgan fingerprint density at radius 3 is 2.88 bits per heavy atom. The maximum Gasteiger partial charge on any atom is 0.323 e. The normalized spacial score (nSPS) is 9.65. The van der Waals surface area contributed by atoms with Crippen LogP contribution in [0, 0.1) is 17.1 Å². The van der Waals surface area contributed by atoms with Crippen LogP contribution < -0.4 is 10.5 Å². The lowest BCUT2D eigenvalue weighted by Crippen LogP contribution is -1.97. The summed E-state index contributed by atoms with van der Waals surface area (Å²) >= 11 is 0. The lowest BCUT2D eigenvalue weighted by atomic mass is 10.2. The Bertz CT molecular complexity index is 594. The van der Waals surface area contributed by atoms with E-state index in [0.717, 1.165) is 0 Å². The molecule has 0 amide bonds. The third-order valence-electron chi connectivity index (χ3n) is 1.94. The van der Waals surface area contributed by atoms with Gasteiger partial charge in [0.1, 0.15) is 23.3 Å². The molecule has 0 radical (unpaired) electrons. The van der Waals surface area contributed by atoms with E-state index in [1.54, 1.807) is 6.07 Å². The minimum absolute atomic E-state index is 0.0351. The molecule has 1 aromatic carbocycles. The predicted octanol–water partition coefficient (Wildman–Crippen LogP) is 1.86. The van der Waals surface area contributed by atoms with Crippen LogP contribution in [0.4, 0.5) is 10.2 Å². The summed E-state index contributed by atoms with van der Waals surface area (Å²) in [6.45, 7) is 0. The fourth-order valence-corrected chi connectivity index (χ4v) is 1.20. The molecule has 1 heterocycles. The summed E-state index contributed by atoms with van der Waals surface area (Å²) in [5.74, 6) is -0.378. The lowest BCUT2D eigenvalue weighted by molar-refractivity contribution is 0.437.